The number of nitrogens with one attached hydrogen (secondary N) is 1. The maximum absolute atomic E-state index is 9.47. The average Bonchev–Trinajstić information content (AvgIpc) is 2.43. The van der Waals surface area contributed by atoms with Crippen LogP contribution in [0.2, 0.25) is 0 Å². The third kappa shape index (κ3) is 3.66. The quantitative estimate of drug-likeness (QED) is 0.754. The number of nitrogens with zero attached hydrogens (tertiary/aromatic N) is 2. The molecule has 19 heavy (non-hydrogen) atoms. The molecule has 1 atom stereocenters. The number of anilines is 2. The largest absolute Gasteiger partial charge is 0.394 e. The molecule has 0 spiro atoms. The Morgan fingerprint density at radius 2 is 2.05 bits per heavy atom. The Morgan fingerprint density at radius 1 is 1.32 bits per heavy atom. The van der Waals surface area contributed by atoms with Gasteiger partial charge in [0.25, 0.3) is 0 Å². The van der Waals surface area contributed by atoms with Crippen LogP contribution in [0.3, 0.4) is 0 Å². The molecule has 0 bridgehead atoms. The molecular formula is C14H18N4O. The minimum Gasteiger partial charge on any atom is -0.394 e. The van der Waals surface area contributed by atoms with E-state index in [2.05, 4.69) is 15.3 Å². The smallest absolute Gasteiger partial charge is 0.221 e. The Balaban J connectivity index is 2.09. The number of aromatic nitrogens is 2. The van der Waals surface area contributed by atoms with E-state index in [9.17, 15) is 5.11 Å². The zero-order chi connectivity index (χ0) is 13.7. The summed E-state index contributed by atoms with van der Waals surface area (Å²) < 4.78 is 0. The standard InChI is InChI=1S/C14H18N4O/c1-10-8-16-14(15)18-13(10)17-12(9-19)7-11-5-3-2-4-6-11/h2-6,8,12,19H,7,9H2,1H3,(H3,15,16,17,18). The molecule has 1 aromatic heterocycles. The maximum Gasteiger partial charge on any atom is 0.221 e. The SMILES string of the molecule is Cc1cnc(N)nc1NC(CO)Cc1ccccc1. The molecule has 1 aromatic carbocycles. The van der Waals surface area contributed by atoms with Crippen molar-refractivity contribution in [2.75, 3.05) is 17.7 Å². The van der Waals surface area contributed by atoms with Gasteiger partial charge >= 0.3 is 0 Å². The van der Waals surface area contributed by atoms with E-state index in [-0.39, 0.29) is 18.6 Å². The lowest BCUT2D eigenvalue weighted by atomic mass is 10.1. The van der Waals surface area contributed by atoms with Gasteiger partial charge in [0, 0.05) is 11.8 Å². The molecule has 1 unspecified atom stereocenters. The molecule has 0 aliphatic heterocycles. The van der Waals surface area contributed by atoms with Gasteiger partial charge in [-0.25, -0.2) is 4.98 Å². The van der Waals surface area contributed by atoms with E-state index < -0.39 is 0 Å². The molecule has 5 heteroatoms. The average molecular weight is 258 g/mol. The fourth-order valence-electron chi connectivity index (χ4n) is 1.85. The third-order valence-electron chi connectivity index (χ3n) is 2.88. The predicted molar refractivity (Wildman–Crippen MR) is 75.8 cm³/mol. The second-order valence-corrected chi connectivity index (χ2v) is 4.47. The van der Waals surface area contributed by atoms with E-state index in [0.717, 1.165) is 17.5 Å². The van der Waals surface area contributed by atoms with Crippen molar-refractivity contribution < 1.29 is 5.11 Å². The van der Waals surface area contributed by atoms with Crippen LogP contribution in [0.5, 0.6) is 0 Å². The second kappa shape index (κ2) is 6.15. The van der Waals surface area contributed by atoms with E-state index in [1.807, 2.05) is 37.3 Å². The van der Waals surface area contributed by atoms with Crippen molar-refractivity contribution in [3.8, 4) is 0 Å². The number of aliphatic hydroxyl groups is 1. The van der Waals surface area contributed by atoms with Crippen LogP contribution in [0.1, 0.15) is 11.1 Å². The summed E-state index contributed by atoms with van der Waals surface area (Å²) in [7, 11) is 0. The molecule has 5 nitrogen and oxygen atoms in total. The summed E-state index contributed by atoms with van der Waals surface area (Å²) in [5.41, 5.74) is 7.64. The number of nitrogen functional groups attached to an aromatic ring is 1. The molecule has 0 radical (unpaired) electrons. The third-order valence-corrected chi connectivity index (χ3v) is 2.88. The predicted octanol–water partition coefficient (Wildman–Crippen LogP) is 1.38. The fourth-order valence-corrected chi connectivity index (χ4v) is 1.85. The summed E-state index contributed by atoms with van der Waals surface area (Å²) >= 11 is 0. The highest BCUT2D eigenvalue weighted by Gasteiger charge is 2.11. The zero-order valence-corrected chi connectivity index (χ0v) is 10.9. The number of hydrogen-bond donors (Lipinski definition) is 3. The summed E-state index contributed by atoms with van der Waals surface area (Å²) in [4.78, 5) is 8.07. The molecule has 100 valence electrons. The Kier molecular flexibility index (Phi) is 4.30. The van der Waals surface area contributed by atoms with Crippen molar-refractivity contribution in [2.24, 2.45) is 0 Å². The van der Waals surface area contributed by atoms with Crippen molar-refractivity contribution in [2.45, 2.75) is 19.4 Å². The minimum atomic E-state index is -0.101. The van der Waals surface area contributed by atoms with Gasteiger partial charge in [-0.05, 0) is 18.9 Å². The van der Waals surface area contributed by atoms with E-state index in [0.29, 0.717) is 5.82 Å². The van der Waals surface area contributed by atoms with E-state index in [4.69, 9.17) is 5.73 Å². The van der Waals surface area contributed by atoms with Crippen molar-refractivity contribution in [3.63, 3.8) is 0 Å². The summed E-state index contributed by atoms with van der Waals surface area (Å²) in [6.45, 7) is 1.93. The molecule has 2 rings (SSSR count). The lowest BCUT2D eigenvalue weighted by molar-refractivity contribution is 0.273. The van der Waals surface area contributed by atoms with Gasteiger partial charge in [0.05, 0.1) is 12.6 Å². The van der Waals surface area contributed by atoms with Gasteiger partial charge in [0.2, 0.25) is 5.95 Å². The Hall–Kier alpha value is -2.14. The van der Waals surface area contributed by atoms with Crippen LogP contribution in [-0.2, 0) is 6.42 Å². The number of benzene rings is 1. The summed E-state index contributed by atoms with van der Waals surface area (Å²) in [6, 6.07) is 9.91. The first-order chi connectivity index (χ1) is 9.19. The first-order valence-electron chi connectivity index (χ1n) is 6.19. The molecule has 2 aromatic rings. The van der Waals surface area contributed by atoms with Crippen LogP contribution in [-0.4, -0.2) is 27.7 Å². The summed E-state index contributed by atoms with van der Waals surface area (Å²) in [6.07, 6.45) is 2.39. The molecule has 0 aliphatic rings. The molecule has 4 N–H and O–H groups in total. The maximum atomic E-state index is 9.47. The minimum absolute atomic E-state index is 0.0260. The van der Waals surface area contributed by atoms with Crippen molar-refractivity contribution in [1.82, 2.24) is 9.97 Å². The van der Waals surface area contributed by atoms with Gasteiger partial charge in [-0.1, -0.05) is 30.3 Å². The Labute approximate surface area is 112 Å². The second-order valence-electron chi connectivity index (χ2n) is 4.47. The Bertz CT molecular complexity index is 530. The number of aliphatic hydroxyl groups excluding tert-OH is 1. The van der Waals surface area contributed by atoms with Crippen molar-refractivity contribution in [3.05, 3.63) is 47.7 Å². The molecule has 0 fully saturated rings. The molecule has 0 saturated heterocycles. The number of hydrogen-bond acceptors (Lipinski definition) is 5. The number of nitrogens with two attached hydrogens (primary N) is 1. The fraction of sp³-hybridized carbons (Fsp3) is 0.286. The van der Waals surface area contributed by atoms with Crippen molar-refractivity contribution >= 4 is 11.8 Å². The van der Waals surface area contributed by atoms with Gasteiger partial charge < -0.3 is 16.2 Å². The van der Waals surface area contributed by atoms with Crippen molar-refractivity contribution in [1.29, 1.82) is 0 Å². The molecular weight excluding hydrogens is 240 g/mol. The highest BCUT2D eigenvalue weighted by atomic mass is 16.3. The van der Waals surface area contributed by atoms with Crippen LogP contribution in [0.4, 0.5) is 11.8 Å². The normalized spacial score (nSPS) is 12.1. The summed E-state index contributed by atoms with van der Waals surface area (Å²) in [5, 5.41) is 12.7. The topological polar surface area (TPSA) is 84.1 Å². The van der Waals surface area contributed by atoms with Crippen LogP contribution in [0, 0.1) is 6.92 Å². The van der Waals surface area contributed by atoms with E-state index in [1.165, 1.54) is 0 Å². The van der Waals surface area contributed by atoms with Crippen LogP contribution >= 0.6 is 0 Å². The Morgan fingerprint density at radius 3 is 2.74 bits per heavy atom. The van der Waals surface area contributed by atoms with Gasteiger partial charge in [-0.2, -0.15) is 4.98 Å². The zero-order valence-electron chi connectivity index (χ0n) is 10.9. The molecule has 0 saturated carbocycles. The van der Waals surface area contributed by atoms with E-state index >= 15 is 0 Å². The van der Waals surface area contributed by atoms with Gasteiger partial charge in [-0.15, -0.1) is 0 Å². The molecule has 0 aliphatic carbocycles. The van der Waals surface area contributed by atoms with Gasteiger partial charge in [-0.3, -0.25) is 0 Å². The molecule has 1 heterocycles. The summed E-state index contributed by atoms with van der Waals surface area (Å²) in [5.74, 6) is 0.895. The van der Waals surface area contributed by atoms with Crippen LogP contribution < -0.4 is 11.1 Å². The first-order valence-corrected chi connectivity index (χ1v) is 6.19. The number of rotatable bonds is 5. The number of aryl methyl sites for hydroxylation is 1. The lowest BCUT2D eigenvalue weighted by Gasteiger charge is -2.18. The van der Waals surface area contributed by atoms with Gasteiger partial charge in [0.1, 0.15) is 5.82 Å². The first kappa shape index (κ1) is 13.3. The van der Waals surface area contributed by atoms with Crippen LogP contribution in [0.15, 0.2) is 36.5 Å². The van der Waals surface area contributed by atoms with Crippen LogP contribution in [0.25, 0.3) is 0 Å². The highest BCUT2D eigenvalue weighted by Crippen LogP contribution is 2.14. The van der Waals surface area contributed by atoms with E-state index in [1.54, 1.807) is 6.20 Å². The molecule has 0 amide bonds. The lowest BCUT2D eigenvalue weighted by Crippen LogP contribution is -2.27. The highest BCUT2D eigenvalue weighted by molar-refractivity contribution is 5.46. The monoisotopic (exact) mass is 258 g/mol. The van der Waals surface area contributed by atoms with Gasteiger partial charge in [0.15, 0.2) is 0 Å².